The quantitative estimate of drug-likeness (QED) is 0.831. The Hall–Kier alpha value is -1.21. The maximum absolute atomic E-state index is 14.0. The van der Waals surface area contributed by atoms with E-state index in [0.29, 0.717) is 17.6 Å². The van der Waals surface area contributed by atoms with Crippen molar-refractivity contribution in [2.45, 2.75) is 18.9 Å². The molecule has 2 N–H and O–H groups in total. The molecule has 2 aliphatic rings. The summed E-state index contributed by atoms with van der Waals surface area (Å²) >= 11 is 0. The number of likely N-dealkylation sites (tertiary alicyclic amines) is 1. The first-order chi connectivity index (χ1) is 11.7. The minimum Gasteiger partial charge on any atom is -0.494 e. The second kappa shape index (κ2) is 8.25. The van der Waals surface area contributed by atoms with Gasteiger partial charge in [0.1, 0.15) is 0 Å². The fraction of sp³-hybridized carbons (Fsp3) is 0.667. The molecular weight excluding hydrogens is 309 g/mol. The number of nitrogens with one attached hydrogen (secondary N) is 2. The third-order valence-corrected chi connectivity index (χ3v) is 5.13. The fourth-order valence-corrected chi connectivity index (χ4v) is 3.96. The number of ether oxygens (including phenoxy) is 2. The van der Waals surface area contributed by atoms with Gasteiger partial charge >= 0.3 is 0 Å². The van der Waals surface area contributed by atoms with Gasteiger partial charge in [-0.05, 0) is 43.0 Å². The molecule has 2 aliphatic heterocycles. The van der Waals surface area contributed by atoms with E-state index in [1.807, 2.05) is 6.07 Å². The van der Waals surface area contributed by atoms with E-state index >= 15 is 0 Å². The van der Waals surface area contributed by atoms with Crippen LogP contribution in [0.4, 0.5) is 4.39 Å². The lowest BCUT2D eigenvalue weighted by molar-refractivity contribution is 0.0823. The number of methoxy groups -OCH3 is 2. The molecule has 3 atom stereocenters. The Morgan fingerprint density at radius 1 is 1.33 bits per heavy atom. The van der Waals surface area contributed by atoms with Gasteiger partial charge in [-0.25, -0.2) is 9.82 Å². The Balaban J connectivity index is 1.64. The largest absolute Gasteiger partial charge is 0.494 e. The standard InChI is InChI=1S/C18H28FN3O2/c1-23-12-13-4-3-7-22(10-13)11-15-9-20-21-18(15)14-5-6-17(24-2)16(19)8-14/h5-6,8,13,15,18,20-21H,3-4,7,9-12H2,1-2H3. The summed E-state index contributed by atoms with van der Waals surface area (Å²) in [5.74, 6) is 1.03. The second-order valence-corrected chi connectivity index (χ2v) is 6.88. The van der Waals surface area contributed by atoms with Crippen molar-refractivity contribution in [3.8, 4) is 5.75 Å². The zero-order chi connectivity index (χ0) is 16.9. The van der Waals surface area contributed by atoms with Crippen molar-refractivity contribution >= 4 is 0 Å². The van der Waals surface area contributed by atoms with Gasteiger partial charge in [-0.2, -0.15) is 0 Å². The Bertz CT molecular complexity index is 541. The van der Waals surface area contributed by atoms with Crippen LogP contribution in [0.1, 0.15) is 24.4 Å². The molecule has 3 unspecified atom stereocenters. The number of hydrogen-bond acceptors (Lipinski definition) is 5. The Kier molecular flexibility index (Phi) is 6.05. The topological polar surface area (TPSA) is 45.8 Å². The summed E-state index contributed by atoms with van der Waals surface area (Å²) in [6, 6.07) is 5.36. The highest BCUT2D eigenvalue weighted by Gasteiger charge is 2.31. The summed E-state index contributed by atoms with van der Waals surface area (Å²) in [5.41, 5.74) is 7.51. The van der Waals surface area contributed by atoms with Crippen LogP contribution in [0.5, 0.6) is 5.75 Å². The molecule has 2 fully saturated rings. The molecule has 2 saturated heterocycles. The van der Waals surface area contributed by atoms with Crippen molar-refractivity contribution in [1.82, 2.24) is 15.8 Å². The molecule has 3 rings (SSSR count). The predicted octanol–water partition coefficient (Wildman–Crippen LogP) is 1.96. The number of rotatable bonds is 6. The SMILES string of the molecule is COCC1CCCN(CC2CNNC2c2ccc(OC)c(F)c2)C1. The molecule has 24 heavy (non-hydrogen) atoms. The lowest BCUT2D eigenvalue weighted by atomic mass is 9.92. The van der Waals surface area contributed by atoms with E-state index in [0.717, 1.165) is 38.3 Å². The maximum atomic E-state index is 14.0. The Morgan fingerprint density at radius 3 is 2.96 bits per heavy atom. The van der Waals surface area contributed by atoms with Gasteiger partial charge < -0.3 is 14.4 Å². The average molecular weight is 337 g/mol. The van der Waals surface area contributed by atoms with E-state index in [1.165, 1.54) is 20.0 Å². The van der Waals surface area contributed by atoms with Gasteiger partial charge in [0.15, 0.2) is 11.6 Å². The zero-order valence-electron chi connectivity index (χ0n) is 14.6. The molecule has 5 nitrogen and oxygen atoms in total. The summed E-state index contributed by atoms with van der Waals surface area (Å²) in [5, 5.41) is 0. The van der Waals surface area contributed by atoms with Gasteiger partial charge in [-0.1, -0.05) is 6.07 Å². The average Bonchev–Trinajstić information content (AvgIpc) is 3.03. The van der Waals surface area contributed by atoms with Crippen molar-refractivity contribution in [2.24, 2.45) is 11.8 Å². The smallest absolute Gasteiger partial charge is 0.165 e. The van der Waals surface area contributed by atoms with E-state index in [1.54, 1.807) is 19.2 Å². The molecule has 0 aromatic heterocycles. The minimum absolute atomic E-state index is 0.119. The third kappa shape index (κ3) is 4.06. The monoisotopic (exact) mass is 337 g/mol. The molecule has 0 amide bonds. The van der Waals surface area contributed by atoms with Crippen LogP contribution in [0.2, 0.25) is 0 Å². The van der Waals surface area contributed by atoms with Crippen molar-refractivity contribution in [3.05, 3.63) is 29.6 Å². The summed E-state index contributed by atoms with van der Waals surface area (Å²) in [7, 11) is 3.26. The van der Waals surface area contributed by atoms with Gasteiger partial charge in [0, 0.05) is 32.7 Å². The van der Waals surface area contributed by atoms with Crippen LogP contribution < -0.4 is 15.6 Å². The summed E-state index contributed by atoms with van der Waals surface area (Å²) in [6.07, 6.45) is 2.47. The van der Waals surface area contributed by atoms with E-state index in [2.05, 4.69) is 15.8 Å². The molecule has 0 aliphatic carbocycles. The van der Waals surface area contributed by atoms with Crippen molar-refractivity contribution in [2.75, 3.05) is 47.0 Å². The predicted molar refractivity (Wildman–Crippen MR) is 91.4 cm³/mol. The zero-order valence-corrected chi connectivity index (χ0v) is 14.6. The first-order valence-electron chi connectivity index (χ1n) is 8.74. The van der Waals surface area contributed by atoms with Gasteiger partial charge in [-0.15, -0.1) is 0 Å². The number of halogens is 1. The Labute approximate surface area is 143 Å². The van der Waals surface area contributed by atoms with E-state index in [-0.39, 0.29) is 11.9 Å². The van der Waals surface area contributed by atoms with Gasteiger partial charge in [0.05, 0.1) is 19.8 Å². The Morgan fingerprint density at radius 2 is 2.21 bits per heavy atom. The second-order valence-electron chi connectivity index (χ2n) is 6.88. The van der Waals surface area contributed by atoms with Crippen molar-refractivity contribution < 1.29 is 13.9 Å². The van der Waals surface area contributed by atoms with E-state index in [4.69, 9.17) is 9.47 Å². The lowest BCUT2D eigenvalue weighted by Crippen LogP contribution is -2.41. The first kappa shape index (κ1) is 17.6. The molecule has 1 aromatic carbocycles. The van der Waals surface area contributed by atoms with Crippen molar-refractivity contribution in [1.29, 1.82) is 0 Å². The van der Waals surface area contributed by atoms with Crippen LogP contribution >= 0.6 is 0 Å². The third-order valence-electron chi connectivity index (χ3n) is 5.13. The van der Waals surface area contributed by atoms with E-state index < -0.39 is 0 Å². The number of hydrazine groups is 1. The van der Waals surface area contributed by atoms with Crippen LogP contribution in [-0.4, -0.2) is 51.9 Å². The summed E-state index contributed by atoms with van der Waals surface area (Å²) in [4.78, 5) is 2.53. The molecule has 0 radical (unpaired) electrons. The number of piperidine rings is 1. The van der Waals surface area contributed by atoms with Crippen LogP contribution in [0.15, 0.2) is 18.2 Å². The normalized spacial score (nSPS) is 28.2. The summed E-state index contributed by atoms with van der Waals surface area (Å²) in [6.45, 7) is 4.97. The molecule has 0 spiro atoms. The molecule has 134 valence electrons. The number of nitrogens with zero attached hydrogens (tertiary/aromatic N) is 1. The molecule has 0 bridgehead atoms. The van der Waals surface area contributed by atoms with Crippen LogP contribution in [0.3, 0.4) is 0 Å². The molecule has 2 heterocycles. The van der Waals surface area contributed by atoms with Gasteiger partial charge in [-0.3, -0.25) is 5.43 Å². The highest BCUT2D eigenvalue weighted by Crippen LogP contribution is 2.30. The highest BCUT2D eigenvalue weighted by molar-refractivity contribution is 5.31. The maximum Gasteiger partial charge on any atom is 0.165 e. The van der Waals surface area contributed by atoms with E-state index in [9.17, 15) is 4.39 Å². The van der Waals surface area contributed by atoms with Crippen LogP contribution in [-0.2, 0) is 4.74 Å². The van der Waals surface area contributed by atoms with Crippen molar-refractivity contribution in [3.63, 3.8) is 0 Å². The highest BCUT2D eigenvalue weighted by atomic mass is 19.1. The molecule has 6 heteroatoms. The lowest BCUT2D eigenvalue weighted by Gasteiger charge is -2.35. The molecule has 0 saturated carbocycles. The fourth-order valence-electron chi connectivity index (χ4n) is 3.96. The molecule has 1 aromatic rings. The van der Waals surface area contributed by atoms with Gasteiger partial charge in [0.25, 0.3) is 0 Å². The van der Waals surface area contributed by atoms with Gasteiger partial charge in [0.2, 0.25) is 0 Å². The van der Waals surface area contributed by atoms with Crippen LogP contribution in [0.25, 0.3) is 0 Å². The molecular formula is C18H28FN3O2. The first-order valence-corrected chi connectivity index (χ1v) is 8.74. The minimum atomic E-state index is -0.305. The summed E-state index contributed by atoms with van der Waals surface area (Å²) < 4.78 is 24.4. The number of benzene rings is 1. The van der Waals surface area contributed by atoms with Crippen LogP contribution in [0, 0.1) is 17.7 Å². The number of hydrogen-bond donors (Lipinski definition) is 2.